The molecule has 0 aromatic heterocycles. The van der Waals surface area contributed by atoms with Crippen LogP contribution in [0.15, 0.2) is 24.8 Å². The van der Waals surface area contributed by atoms with Crippen molar-refractivity contribution in [2.45, 2.75) is 0 Å². The number of methoxy groups -OCH3 is 2. The second-order valence-electron chi connectivity index (χ2n) is 4.45. The Morgan fingerprint density at radius 2 is 1.86 bits per heavy atom. The van der Waals surface area contributed by atoms with E-state index in [1.54, 1.807) is 0 Å². The molecule has 122 valence electrons. The molecule has 0 fully saturated rings. The van der Waals surface area contributed by atoms with E-state index in [0.717, 1.165) is 10.6 Å². The number of anilines is 1. The third kappa shape index (κ3) is 3.91. The van der Waals surface area contributed by atoms with E-state index in [-0.39, 0.29) is 17.8 Å². The van der Waals surface area contributed by atoms with Crippen LogP contribution in [-0.2, 0) is 10.0 Å². The SMILES string of the molecule is C=CCNC(=O)c1cc(OC)c(OC)cc1N(C)S(C)(=O)=O. The molecule has 0 aliphatic rings. The number of carbonyl (C=O) groups is 1. The standard InChI is InChI=1S/C14H20N2O5S/c1-6-7-15-14(17)10-8-12(20-3)13(21-4)9-11(10)16(2)22(5,18)19/h6,8-9H,1,7H2,2-5H3,(H,15,17). The molecule has 0 unspecified atom stereocenters. The smallest absolute Gasteiger partial charge is 0.253 e. The summed E-state index contributed by atoms with van der Waals surface area (Å²) < 4.78 is 34.9. The highest BCUT2D eigenvalue weighted by atomic mass is 32.2. The number of carbonyl (C=O) groups excluding carboxylic acids is 1. The zero-order chi connectivity index (χ0) is 16.9. The van der Waals surface area contributed by atoms with Gasteiger partial charge in [-0.1, -0.05) is 6.08 Å². The normalized spacial score (nSPS) is 10.7. The first-order valence-corrected chi connectivity index (χ1v) is 8.20. The summed E-state index contributed by atoms with van der Waals surface area (Å²) in [5.74, 6) is 0.219. The molecule has 0 aliphatic heterocycles. The average molecular weight is 328 g/mol. The maximum Gasteiger partial charge on any atom is 0.253 e. The molecule has 1 N–H and O–H groups in total. The minimum Gasteiger partial charge on any atom is -0.493 e. The van der Waals surface area contributed by atoms with Gasteiger partial charge < -0.3 is 14.8 Å². The number of rotatable bonds is 7. The fourth-order valence-electron chi connectivity index (χ4n) is 1.75. The summed E-state index contributed by atoms with van der Waals surface area (Å²) in [5.41, 5.74) is 0.356. The van der Waals surface area contributed by atoms with Crippen LogP contribution in [0.2, 0.25) is 0 Å². The van der Waals surface area contributed by atoms with Crippen LogP contribution in [-0.4, -0.2) is 48.4 Å². The van der Waals surface area contributed by atoms with Gasteiger partial charge in [-0.3, -0.25) is 9.10 Å². The Morgan fingerprint density at radius 3 is 2.32 bits per heavy atom. The van der Waals surface area contributed by atoms with E-state index < -0.39 is 15.9 Å². The van der Waals surface area contributed by atoms with Gasteiger partial charge in [0.15, 0.2) is 11.5 Å². The quantitative estimate of drug-likeness (QED) is 0.755. The van der Waals surface area contributed by atoms with E-state index in [1.165, 1.54) is 39.5 Å². The van der Waals surface area contributed by atoms with E-state index in [9.17, 15) is 13.2 Å². The van der Waals surface area contributed by atoms with E-state index >= 15 is 0 Å². The molecule has 1 aromatic rings. The number of sulfonamides is 1. The summed E-state index contributed by atoms with van der Waals surface area (Å²) >= 11 is 0. The van der Waals surface area contributed by atoms with Crippen molar-refractivity contribution >= 4 is 21.6 Å². The number of nitrogens with one attached hydrogen (secondary N) is 1. The van der Waals surface area contributed by atoms with Crippen LogP contribution in [0.25, 0.3) is 0 Å². The first-order chi connectivity index (χ1) is 10.3. The first-order valence-electron chi connectivity index (χ1n) is 6.35. The first kappa shape index (κ1) is 17.8. The van der Waals surface area contributed by atoms with Gasteiger partial charge in [0.05, 0.1) is 31.7 Å². The van der Waals surface area contributed by atoms with Crippen molar-refractivity contribution in [2.75, 3.05) is 38.4 Å². The average Bonchev–Trinajstić information content (AvgIpc) is 2.49. The minimum atomic E-state index is -3.54. The van der Waals surface area contributed by atoms with Gasteiger partial charge in [0.25, 0.3) is 5.91 Å². The molecule has 22 heavy (non-hydrogen) atoms. The Kier molecular flexibility index (Phi) is 5.81. The van der Waals surface area contributed by atoms with Crippen molar-refractivity contribution in [3.8, 4) is 11.5 Å². The number of nitrogens with zero attached hydrogens (tertiary/aromatic N) is 1. The number of hydrogen-bond donors (Lipinski definition) is 1. The fourth-order valence-corrected chi connectivity index (χ4v) is 2.26. The Labute approximate surface area is 130 Å². The van der Waals surface area contributed by atoms with Gasteiger partial charge in [-0.15, -0.1) is 6.58 Å². The van der Waals surface area contributed by atoms with Gasteiger partial charge in [0.2, 0.25) is 10.0 Å². The summed E-state index contributed by atoms with van der Waals surface area (Å²) in [6.45, 7) is 3.78. The summed E-state index contributed by atoms with van der Waals surface area (Å²) in [4.78, 5) is 12.2. The molecule has 0 saturated carbocycles. The number of benzene rings is 1. The highest BCUT2D eigenvalue weighted by Crippen LogP contribution is 2.35. The fraction of sp³-hybridized carbons (Fsp3) is 0.357. The van der Waals surface area contributed by atoms with E-state index in [4.69, 9.17) is 9.47 Å². The van der Waals surface area contributed by atoms with Gasteiger partial charge in [0.1, 0.15) is 0 Å². The predicted molar refractivity (Wildman–Crippen MR) is 85.3 cm³/mol. The summed E-state index contributed by atoms with van der Waals surface area (Å²) in [6.07, 6.45) is 2.58. The van der Waals surface area contributed by atoms with Gasteiger partial charge in [-0.2, -0.15) is 0 Å². The molecule has 0 saturated heterocycles. The lowest BCUT2D eigenvalue weighted by molar-refractivity contribution is 0.0958. The predicted octanol–water partition coefficient (Wildman–Crippen LogP) is 1.02. The topological polar surface area (TPSA) is 84.9 Å². The van der Waals surface area contributed by atoms with Gasteiger partial charge in [-0.05, 0) is 6.07 Å². The highest BCUT2D eigenvalue weighted by molar-refractivity contribution is 7.92. The maximum atomic E-state index is 12.2. The Morgan fingerprint density at radius 1 is 1.32 bits per heavy atom. The Hall–Kier alpha value is -2.22. The second-order valence-corrected chi connectivity index (χ2v) is 6.47. The van der Waals surface area contributed by atoms with E-state index in [1.807, 2.05) is 0 Å². The lowest BCUT2D eigenvalue weighted by Crippen LogP contribution is -2.30. The lowest BCUT2D eigenvalue weighted by Gasteiger charge is -2.21. The molecule has 1 rings (SSSR count). The summed E-state index contributed by atoms with van der Waals surface area (Å²) in [5, 5.41) is 2.61. The van der Waals surface area contributed by atoms with E-state index in [0.29, 0.717) is 11.5 Å². The molecule has 8 heteroatoms. The van der Waals surface area contributed by atoms with Gasteiger partial charge in [-0.25, -0.2) is 8.42 Å². The monoisotopic (exact) mass is 328 g/mol. The maximum absolute atomic E-state index is 12.2. The number of ether oxygens (including phenoxy) is 2. The van der Waals surface area contributed by atoms with Crippen LogP contribution < -0.4 is 19.1 Å². The van der Waals surface area contributed by atoms with Gasteiger partial charge in [0, 0.05) is 19.7 Å². The largest absolute Gasteiger partial charge is 0.493 e. The van der Waals surface area contributed by atoms with Crippen LogP contribution in [0.1, 0.15) is 10.4 Å². The number of amides is 1. The van der Waals surface area contributed by atoms with Crippen LogP contribution >= 0.6 is 0 Å². The lowest BCUT2D eigenvalue weighted by atomic mass is 10.1. The Bertz CT molecular complexity index is 670. The van der Waals surface area contributed by atoms with Crippen LogP contribution in [0.4, 0.5) is 5.69 Å². The van der Waals surface area contributed by atoms with Crippen molar-refractivity contribution in [3.05, 3.63) is 30.4 Å². The highest BCUT2D eigenvalue weighted by Gasteiger charge is 2.23. The van der Waals surface area contributed by atoms with Crippen molar-refractivity contribution in [1.29, 1.82) is 0 Å². The van der Waals surface area contributed by atoms with Crippen molar-refractivity contribution < 1.29 is 22.7 Å². The molecule has 7 nitrogen and oxygen atoms in total. The van der Waals surface area contributed by atoms with Gasteiger partial charge >= 0.3 is 0 Å². The molecule has 0 aliphatic carbocycles. The van der Waals surface area contributed by atoms with Crippen molar-refractivity contribution in [2.24, 2.45) is 0 Å². The zero-order valence-corrected chi connectivity index (χ0v) is 13.9. The van der Waals surface area contributed by atoms with Crippen molar-refractivity contribution in [1.82, 2.24) is 5.32 Å². The molecule has 0 bridgehead atoms. The summed E-state index contributed by atoms with van der Waals surface area (Å²) in [6, 6.07) is 2.89. The molecule has 0 spiro atoms. The van der Waals surface area contributed by atoms with Crippen LogP contribution in [0.5, 0.6) is 11.5 Å². The third-order valence-electron chi connectivity index (χ3n) is 2.99. The number of hydrogen-bond acceptors (Lipinski definition) is 5. The van der Waals surface area contributed by atoms with Crippen molar-refractivity contribution in [3.63, 3.8) is 0 Å². The molecular weight excluding hydrogens is 308 g/mol. The third-order valence-corrected chi connectivity index (χ3v) is 4.18. The molecule has 0 heterocycles. The second kappa shape index (κ2) is 7.17. The minimum absolute atomic E-state index is 0.160. The molecule has 1 amide bonds. The zero-order valence-electron chi connectivity index (χ0n) is 13.0. The molecule has 0 atom stereocenters. The molecule has 1 aromatic carbocycles. The van der Waals surface area contributed by atoms with E-state index in [2.05, 4.69) is 11.9 Å². The Balaban J connectivity index is 3.49. The molecule has 0 radical (unpaired) electrons. The molecular formula is C14H20N2O5S. The van der Waals surface area contributed by atoms with Crippen LogP contribution in [0, 0.1) is 0 Å². The van der Waals surface area contributed by atoms with Crippen LogP contribution in [0.3, 0.4) is 0 Å². The summed E-state index contributed by atoms with van der Waals surface area (Å²) in [7, 11) is 0.686.